The van der Waals surface area contributed by atoms with Gasteiger partial charge in [0.2, 0.25) is 0 Å². The number of hydrogen-bond acceptors (Lipinski definition) is 9. The van der Waals surface area contributed by atoms with Crippen molar-refractivity contribution in [2.24, 2.45) is 11.8 Å². The third-order valence-electron chi connectivity index (χ3n) is 8.53. The number of methoxy groups -OCH3 is 1. The van der Waals surface area contributed by atoms with Gasteiger partial charge < -0.3 is 19.7 Å². The zero-order valence-electron chi connectivity index (χ0n) is 22.1. The number of carbonyl (C=O) groups excluding carboxylic acids is 2. The van der Waals surface area contributed by atoms with Crippen LogP contribution in [0.4, 0.5) is 15.9 Å². The van der Waals surface area contributed by atoms with Gasteiger partial charge in [-0.1, -0.05) is 11.6 Å². The number of ketones is 1. The molecule has 2 aromatic carbocycles. The van der Waals surface area contributed by atoms with Gasteiger partial charge in [0, 0.05) is 72.7 Å². The van der Waals surface area contributed by atoms with E-state index in [1.165, 1.54) is 25.6 Å². The molecule has 2 aliphatic carbocycles. The molecule has 1 aliphatic heterocycles. The first-order valence-electron chi connectivity index (χ1n) is 13.4. The minimum atomic E-state index is -1.70. The Morgan fingerprint density at radius 2 is 2.00 bits per heavy atom. The number of carbonyl (C=O) groups is 2. The molecule has 6 rings (SSSR count). The molecule has 3 atom stereocenters. The number of Topliss-reactive ketones (excluding diaryl/α,β-unsaturated/α-hetero) is 1. The lowest BCUT2D eigenvalue weighted by molar-refractivity contribution is -0.562. The van der Waals surface area contributed by atoms with Crippen molar-refractivity contribution in [1.82, 2.24) is 14.9 Å². The van der Waals surface area contributed by atoms with Gasteiger partial charge in [0.1, 0.15) is 29.8 Å². The van der Waals surface area contributed by atoms with E-state index in [-0.39, 0.29) is 35.7 Å². The van der Waals surface area contributed by atoms with Crippen LogP contribution in [-0.4, -0.2) is 63.3 Å². The molecule has 2 heterocycles. The lowest BCUT2D eigenvalue weighted by Crippen LogP contribution is -2.59. The third kappa shape index (κ3) is 4.69. The van der Waals surface area contributed by atoms with Crippen molar-refractivity contribution >= 4 is 45.7 Å². The number of amides is 1. The van der Waals surface area contributed by atoms with Gasteiger partial charge in [-0.05, 0) is 30.7 Å². The molecular formula is C28H27ClFN5O6. The number of nitro groups is 1. The van der Waals surface area contributed by atoms with Gasteiger partial charge in [0.05, 0.1) is 17.6 Å². The van der Waals surface area contributed by atoms with Crippen LogP contribution in [0.1, 0.15) is 32.1 Å². The van der Waals surface area contributed by atoms with Crippen molar-refractivity contribution in [2.45, 2.75) is 43.7 Å². The molecule has 13 heteroatoms. The first-order chi connectivity index (χ1) is 19.7. The number of rotatable bonds is 7. The van der Waals surface area contributed by atoms with Crippen LogP contribution >= 0.6 is 11.6 Å². The Morgan fingerprint density at radius 1 is 1.22 bits per heavy atom. The van der Waals surface area contributed by atoms with Gasteiger partial charge in [0.15, 0.2) is 11.5 Å². The lowest BCUT2D eigenvalue weighted by Gasteiger charge is -2.37. The maximum atomic E-state index is 13.6. The van der Waals surface area contributed by atoms with E-state index in [0.29, 0.717) is 66.3 Å². The predicted octanol–water partition coefficient (Wildman–Crippen LogP) is 4.56. The molecule has 41 heavy (non-hydrogen) atoms. The number of fused-ring (bicyclic) bond motifs is 3. The second kappa shape index (κ2) is 10.4. The molecule has 0 spiro atoms. The molecule has 3 aromatic rings. The topological polar surface area (TPSA) is 137 Å². The van der Waals surface area contributed by atoms with E-state index in [9.17, 15) is 24.1 Å². The first-order valence-corrected chi connectivity index (χ1v) is 13.8. The summed E-state index contributed by atoms with van der Waals surface area (Å²) in [4.78, 5) is 47.4. The highest BCUT2D eigenvalue weighted by Gasteiger charge is 2.68. The summed E-state index contributed by atoms with van der Waals surface area (Å²) in [5, 5.41) is 15.9. The monoisotopic (exact) mass is 583 g/mol. The van der Waals surface area contributed by atoms with Crippen LogP contribution in [0.2, 0.25) is 5.02 Å². The Balaban J connectivity index is 1.18. The lowest BCUT2D eigenvalue weighted by atomic mass is 9.79. The van der Waals surface area contributed by atoms with E-state index in [2.05, 4.69) is 15.3 Å². The Morgan fingerprint density at radius 3 is 2.63 bits per heavy atom. The number of halogens is 2. The first kappa shape index (κ1) is 27.1. The molecule has 3 fully saturated rings. The summed E-state index contributed by atoms with van der Waals surface area (Å²) in [5.41, 5.74) is -0.569. The number of nitrogens with one attached hydrogen (secondary N) is 1. The van der Waals surface area contributed by atoms with E-state index >= 15 is 0 Å². The summed E-state index contributed by atoms with van der Waals surface area (Å²) in [6, 6.07) is 7.74. The normalized spacial score (nSPS) is 24.1. The minimum absolute atomic E-state index is 0.00435. The maximum Gasteiger partial charge on any atom is 0.302 e. The van der Waals surface area contributed by atoms with E-state index in [1.807, 2.05) is 0 Å². The van der Waals surface area contributed by atoms with Gasteiger partial charge in [0.25, 0.3) is 0 Å². The van der Waals surface area contributed by atoms with E-state index in [1.54, 1.807) is 23.1 Å². The SMILES string of the molecule is COc1cc2ncnc(Nc3ccc(F)c(Cl)c3)c2cc1OC1CCN(C(=O)C2([N+](=O)[O-])C[C@@H]3C[C@H]2CC3=O)CC1. The summed E-state index contributed by atoms with van der Waals surface area (Å²) in [5.74, 6) is -0.539. The number of likely N-dealkylation sites (tertiary alicyclic amines) is 1. The fourth-order valence-corrected chi connectivity index (χ4v) is 6.57. The molecule has 1 unspecified atom stereocenters. The van der Waals surface area contributed by atoms with Crippen molar-refractivity contribution < 1.29 is 28.4 Å². The maximum absolute atomic E-state index is 13.6. The van der Waals surface area contributed by atoms with Crippen molar-refractivity contribution in [1.29, 1.82) is 0 Å². The summed E-state index contributed by atoms with van der Waals surface area (Å²) in [6.07, 6.45) is 2.59. The Hall–Kier alpha value is -4.06. The van der Waals surface area contributed by atoms with Crippen LogP contribution in [0.25, 0.3) is 10.9 Å². The number of piperidine rings is 1. The number of hydrogen-bond donors (Lipinski definition) is 1. The van der Waals surface area contributed by atoms with Gasteiger partial charge in [-0.15, -0.1) is 0 Å². The summed E-state index contributed by atoms with van der Waals surface area (Å²) < 4.78 is 25.5. The summed E-state index contributed by atoms with van der Waals surface area (Å²) in [6.45, 7) is 0.614. The standard InChI is InChI=1S/C28H27ClFN5O6/c1-40-24-12-22-19(26(32-14-31-22)33-17-2-3-21(30)20(29)10-17)11-25(24)41-18-4-6-34(7-5-18)27(37)28(35(38)39)13-15-8-16(28)9-23(15)36/h2-3,10-12,14-16,18H,4-9,13H2,1H3,(H,31,32,33)/t15-,16-,28?/m0/s1. The van der Waals surface area contributed by atoms with Gasteiger partial charge in [-0.25, -0.2) is 14.4 Å². The van der Waals surface area contributed by atoms with Crippen molar-refractivity contribution in [3.05, 3.63) is 57.6 Å². The highest BCUT2D eigenvalue weighted by atomic mass is 35.5. The molecule has 3 aliphatic rings. The number of anilines is 2. The molecule has 1 saturated heterocycles. The fourth-order valence-electron chi connectivity index (χ4n) is 6.39. The number of nitrogens with zero attached hydrogens (tertiary/aromatic N) is 4. The largest absolute Gasteiger partial charge is 0.493 e. The highest BCUT2D eigenvalue weighted by Crippen LogP contribution is 2.51. The molecule has 1 aromatic heterocycles. The number of aromatic nitrogens is 2. The molecule has 2 bridgehead atoms. The van der Waals surface area contributed by atoms with Gasteiger partial charge >= 0.3 is 11.4 Å². The molecule has 1 N–H and O–H groups in total. The van der Waals surface area contributed by atoms with Crippen LogP contribution in [0.5, 0.6) is 11.5 Å². The third-order valence-corrected chi connectivity index (χ3v) is 8.82. The molecule has 214 valence electrons. The van der Waals surface area contributed by atoms with Crippen molar-refractivity contribution in [2.75, 3.05) is 25.5 Å². The van der Waals surface area contributed by atoms with E-state index in [0.717, 1.165) is 0 Å². The van der Waals surface area contributed by atoms with E-state index in [4.69, 9.17) is 21.1 Å². The summed E-state index contributed by atoms with van der Waals surface area (Å²) >= 11 is 5.93. The summed E-state index contributed by atoms with van der Waals surface area (Å²) in [7, 11) is 1.52. The smallest absolute Gasteiger partial charge is 0.302 e. The molecule has 11 nitrogen and oxygen atoms in total. The quantitative estimate of drug-likeness (QED) is 0.313. The Labute approximate surface area is 239 Å². The van der Waals surface area contributed by atoms with Crippen LogP contribution in [0, 0.1) is 27.8 Å². The highest BCUT2D eigenvalue weighted by molar-refractivity contribution is 6.31. The van der Waals surface area contributed by atoms with Crippen molar-refractivity contribution in [3.8, 4) is 11.5 Å². The van der Waals surface area contributed by atoms with Crippen LogP contribution in [-0.2, 0) is 9.59 Å². The average Bonchev–Trinajstić information content (AvgIpc) is 3.53. The minimum Gasteiger partial charge on any atom is -0.493 e. The van der Waals surface area contributed by atoms with Gasteiger partial charge in [-0.3, -0.25) is 19.7 Å². The second-order valence-electron chi connectivity index (χ2n) is 10.8. The van der Waals surface area contributed by atoms with Crippen LogP contribution in [0.3, 0.4) is 0 Å². The Bertz CT molecular complexity index is 1560. The zero-order chi connectivity index (χ0) is 28.9. The second-order valence-corrected chi connectivity index (χ2v) is 11.2. The predicted molar refractivity (Wildman–Crippen MR) is 147 cm³/mol. The Kier molecular flexibility index (Phi) is 6.88. The van der Waals surface area contributed by atoms with Crippen molar-refractivity contribution in [3.63, 3.8) is 0 Å². The molecular weight excluding hydrogens is 557 g/mol. The molecule has 1 amide bonds. The van der Waals surface area contributed by atoms with E-state index < -0.39 is 28.1 Å². The number of ether oxygens (including phenoxy) is 2. The van der Waals surface area contributed by atoms with Gasteiger partial charge in [-0.2, -0.15) is 0 Å². The average molecular weight is 584 g/mol. The fraction of sp³-hybridized carbons (Fsp3) is 0.429. The number of benzene rings is 2. The van der Waals surface area contributed by atoms with Crippen LogP contribution in [0.15, 0.2) is 36.7 Å². The van der Waals surface area contributed by atoms with Crippen LogP contribution < -0.4 is 14.8 Å². The molecule has 2 saturated carbocycles. The molecule has 0 radical (unpaired) electrons. The zero-order valence-corrected chi connectivity index (χ0v) is 22.9.